The maximum atomic E-state index is 9.61. The fourth-order valence-electron chi connectivity index (χ4n) is 1.50. The summed E-state index contributed by atoms with van der Waals surface area (Å²) in [5, 5.41) is 12.8. The summed E-state index contributed by atoms with van der Waals surface area (Å²) < 4.78 is 4.98. The molecule has 1 heterocycles. The van der Waals surface area contributed by atoms with Gasteiger partial charge in [-0.3, -0.25) is 4.98 Å². The molecule has 0 unspecified atom stereocenters. The van der Waals surface area contributed by atoms with E-state index in [1.54, 1.807) is 24.5 Å². The van der Waals surface area contributed by atoms with Crippen LogP contribution in [0.4, 0.5) is 5.69 Å². The quantitative estimate of drug-likeness (QED) is 0.846. The molecule has 0 aliphatic carbocycles. The van der Waals surface area contributed by atoms with Crippen molar-refractivity contribution >= 4 is 5.69 Å². The summed E-state index contributed by atoms with van der Waals surface area (Å²) in [6.07, 6.45) is 3.50. The predicted octanol–water partition coefficient (Wildman–Crippen LogP) is 2.41. The lowest BCUT2D eigenvalue weighted by molar-refractivity contribution is 0.373. The minimum absolute atomic E-state index is 0.132. The molecule has 2 N–H and O–H groups in total. The molecule has 17 heavy (non-hydrogen) atoms. The Labute approximate surface area is 99.9 Å². The van der Waals surface area contributed by atoms with E-state index in [0.29, 0.717) is 12.3 Å². The molecule has 0 bridgehead atoms. The largest absolute Gasteiger partial charge is 0.504 e. The number of hydrogen-bond donors (Lipinski definition) is 2. The van der Waals surface area contributed by atoms with Gasteiger partial charge in [-0.1, -0.05) is 0 Å². The summed E-state index contributed by atoms with van der Waals surface area (Å²) in [4.78, 5) is 3.95. The molecule has 1 aromatic carbocycles. The molecule has 0 aliphatic heterocycles. The van der Waals surface area contributed by atoms with Crippen LogP contribution in [0.5, 0.6) is 11.5 Å². The van der Waals surface area contributed by atoms with E-state index < -0.39 is 0 Å². The normalized spacial score (nSPS) is 9.94. The molecule has 0 amide bonds. The lowest BCUT2D eigenvalue weighted by Gasteiger charge is -2.08. The highest BCUT2D eigenvalue weighted by Crippen LogP contribution is 2.28. The number of ether oxygens (including phenoxy) is 1. The molecular formula is C13H14N2O2. The van der Waals surface area contributed by atoms with Crippen molar-refractivity contribution in [2.45, 2.75) is 6.54 Å². The number of phenols is 1. The van der Waals surface area contributed by atoms with Crippen LogP contribution in [0.2, 0.25) is 0 Å². The first-order chi connectivity index (χ1) is 8.29. The predicted molar refractivity (Wildman–Crippen MR) is 66.2 cm³/mol. The fourth-order valence-corrected chi connectivity index (χ4v) is 1.50. The van der Waals surface area contributed by atoms with Crippen molar-refractivity contribution in [3.63, 3.8) is 0 Å². The second-order valence-electron chi connectivity index (χ2n) is 3.60. The zero-order chi connectivity index (χ0) is 12.1. The van der Waals surface area contributed by atoms with Crippen LogP contribution in [0.25, 0.3) is 0 Å². The highest BCUT2D eigenvalue weighted by Gasteiger charge is 2.01. The first-order valence-corrected chi connectivity index (χ1v) is 5.29. The third kappa shape index (κ3) is 2.87. The van der Waals surface area contributed by atoms with Crippen LogP contribution >= 0.6 is 0 Å². The summed E-state index contributed by atoms with van der Waals surface area (Å²) in [5.41, 5.74) is 1.98. The van der Waals surface area contributed by atoms with E-state index in [-0.39, 0.29) is 5.75 Å². The monoisotopic (exact) mass is 230 g/mol. The van der Waals surface area contributed by atoms with Crippen molar-refractivity contribution in [2.24, 2.45) is 0 Å². The van der Waals surface area contributed by atoms with Gasteiger partial charge in [0.1, 0.15) is 0 Å². The maximum absolute atomic E-state index is 9.61. The average Bonchev–Trinajstić information content (AvgIpc) is 2.38. The van der Waals surface area contributed by atoms with Gasteiger partial charge in [-0.2, -0.15) is 0 Å². The molecule has 0 radical (unpaired) electrons. The number of methoxy groups -OCH3 is 1. The molecule has 0 saturated carbocycles. The van der Waals surface area contributed by atoms with Crippen LogP contribution in [0.1, 0.15) is 5.56 Å². The van der Waals surface area contributed by atoms with Gasteiger partial charge in [0.2, 0.25) is 0 Å². The number of hydrogen-bond acceptors (Lipinski definition) is 4. The van der Waals surface area contributed by atoms with E-state index in [1.165, 1.54) is 7.11 Å². The lowest BCUT2D eigenvalue weighted by atomic mass is 10.2. The van der Waals surface area contributed by atoms with E-state index in [4.69, 9.17) is 4.74 Å². The minimum atomic E-state index is 0.132. The fraction of sp³-hybridized carbons (Fsp3) is 0.154. The van der Waals surface area contributed by atoms with Gasteiger partial charge in [0.15, 0.2) is 11.5 Å². The van der Waals surface area contributed by atoms with Crippen LogP contribution < -0.4 is 10.1 Å². The zero-order valence-corrected chi connectivity index (χ0v) is 9.55. The smallest absolute Gasteiger partial charge is 0.160 e. The van der Waals surface area contributed by atoms with Crippen molar-refractivity contribution in [3.8, 4) is 11.5 Å². The molecule has 1 aromatic heterocycles. The molecule has 0 fully saturated rings. The number of aromatic nitrogens is 1. The Morgan fingerprint density at radius 1 is 1.24 bits per heavy atom. The molecular weight excluding hydrogens is 216 g/mol. The summed E-state index contributed by atoms with van der Waals surface area (Å²) in [6, 6.07) is 9.11. The van der Waals surface area contributed by atoms with Crippen LogP contribution in [-0.4, -0.2) is 17.2 Å². The van der Waals surface area contributed by atoms with E-state index >= 15 is 0 Å². The Morgan fingerprint density at radius 3 is 2.65 bits per heavy atom. The standard InChI is InChI=1S/C13H14N2O2/c1-17-13-3-2-11(8-12(13)16)15-9-10-4-6-14-7-5-10/h2-8,15-16H,9H2,1H3. The molecule has 0 atom stereocenters. The number of aromatic hydroxyl groups is 1. The van der Waals surface area contributed by atoms with Crippen LogP contribution in [-0.2, 0) is 6.54 Å². The van der Waals surface area contributed by atoms with Gasteiger partial charge in [-0.05, 0) is 29.8 Å². The molecule has 0 aliphatic rings. The van der Waals surface area contributed by atoms with E-state index in [2.05, 4.69) is 10.3 Å². The number of nitrogens with one attached hydrogen (secondary N) is 1. The third-order valence-electron chi connectivity index (χ3n) is 2.42. The topological polar surface area (TPSA) is 54.4 Å². The van der Waals surface area contributed by atoms with Gasteiger partial charge in [-0.25, -0.2) is 0 Å². The van der Waals surface area contributed by atoms with Crippen molar-refractivity contribution < 1.29 is 9.84 Å². The maximum Gasteiger partial charge on any atom is 0.160 e. The van der Waals surface area contributed by atoms with E-state index in [1.807, 2.05) is 18.2 Å². The van der Waals surface area contributed by atoms with E-state index in [0.717, 1.165) is 11.3 Å². The Kier molecular flexibility index (Phi) is 3.45. The molecule has 2 rings (SSSR count). The van der Waals surface area contributed by atoms with Gasteiger partial charge < -0.3 is 15.2 Å². The van der Waals surface area contributed by atoms with Crippen LogP contribution in [0, 0.1) is 0 Å². The second-order valence-corrected chi connectivity index (χ2v) is 3.60. The van der Waals surface area contributed by atoms with Crippen molar-refractivity contribution in [1.82, 2.24) is 4.98 Å². The number of phenolic OH excluding ortho intramolecular Hbond substituents is 1. The summed E-state index contributed by atoms with van der Waals surface area (Å²) >= 11 is 0. The lowest BCUT2D eigenvalue weighted by Crippen LogP contribution is -1.99. The first kappa shape index (κ1) is 11.3. The van der Waals surface area contributed by atoms with Crippen molar-refractivity contribution in [2.75, 3.05) is 12.4 Å². The molecule has 88 valence electrons. The average molecular weight is 230 g/mol. The number of rotatable bonds is 4. The summed E-state index contributed by atoms with van der Waals surface area (Å²) in [6.45, 7) is 0.689. The summed E-state index contributed by atoms with van der Waals surface area (Å²) in [7, 11) is 1.53. The van der Waals surface area contributed by atoms with Gasteiger partial charge in [0.25, 0.3) is 0 Å². The zero-order valence-electron chi connectivity index (χ0n) is 9.55. The summed E-state index contributed by atoms with van der Waals surface area (Å²) in [5.74, 6) is 0.603. The van der Waals surface area contributed by atoms with Gasteiger partial charge in [0, 0.05) is 30.7 Å². The molecule has 4 heteroatoms. The number of anilines is 1. The molecule has 4 nitrogen and oxygen atoms in total. The van der Waals surface area contributed by atoms with Crippen LogP contribution in [0.3, 0.4) is 0 Å². The van der Waals surface area contributed by atoms with Gasteiger partial charge >= 0.3 is 0 Å². The highest BCUT2D eigenvalue weighted by atomic mass is 16.5. The Morgan fingerprint density at radius 2 is 2.00 bits per heavy atom. The number of benzene rings is 1. The molecule has 2 aromatic rings. The Balaban J connectivity index is 2.02. The van der Waals surface area contributed by atoms with E-state index in [9.17, 15) is 5.11 Å². The molecule has 0 spiro atoms. The van der Waals surface area contributed by atoms with Crippen molar-refractivity contribution in [3.05, 3.63) is 48.3 Å². The van der Waals surface area contributed by atoms with Crippen LogP contribution in [0.15, 0.2) is 42.7 Å². The number of nitrogens with zero attached hydrogens (tertiary/aromatic N) is 1. The third-order valence-corrected chi connectivity index (χ3v) is 2.42. The first-order valence-electron chi connectivity index (χ1n) is 5.29. The minimum Gasteiger partial charge on any atom is -0.504 e. The Bertz CT molecular complexity index is 486. The Hall–Kier alpha value is -2.23. The van der Waals surface area contributed by atoms with Gasteiger partial charge in [0.05, 0.1) is 7.11 Å². The second kappa shape index (κ2) is 5.21. The van der Waals surface area contributed by atoms with Crippen molar-refractivity contribution in [1.29, 1.82) is 0 Å². The molecule has 0 saturated heterocycles. The highest BCUT2D eigenvalue weighted by molar-refractivity contribution is 5.54. The SMILES string of the molecule is COc1ccc(NCc2ccncc2)cc1O. The number of pyridine rings is 1. The van der Waals surface area contributed by atoms with Gasteiger partial charge in [-0.15, -0.1) is 0 Å².